The number of esters is 2. The lowest BCUT2D eigenvalue weighted by atomic mass is 9.98. The average molecular weight is 1340 g/mol. The summed E-state index contributed by atoms with van der Waals surface area (Å²) >= 11 is 14.1. The number of rotatable bonds is 18. The molecule has 0 aliphatic rings. The fourth-order valence-electron chi connectivity index (χ4n) is 6.67. The van der Waals surface area contributed by atoms with Crippen LogP contribution in [0.25, 0.3) is 22.0 Å². The van der Waals surface area contributed by atoms with E-state index in [2.05, 4.69) is 81.6 Å². The molecule has 5 heterocycles. The van der Waals surface area contributed by atoms with Crippen molar-refractivity contribution in [3.63, 3.8) is 0 Å². The Hall–Kier alpha value is -9.01. The molecule has 0 fully saturated rings. The van der Waals surface area contributed by atoms with Gasteiger partial charge in [0.25, 0.3) is 16.6 Å². The third-order valence-electron chi connectivity index (χ3n) is 10.8. The first-order valence-corrected chi connectivity index (χ1v) is 29.8. The predicted octanol–water partition coefficient (Wildman–Crippen LogP) is 11.5. The highest BCUT2D eigenvalue weighted by Gasteiger charge is 2.24. The van der Waals surface area contributed by atoms with Crippen molar-refractivity contribution in [2.75, 3.05) is 18.5 Å². The van der Waals surface area contributed by atoms with E-state index >= 15 is 0 Å². The molecule has 0 radical (unpaired) electrons. The second kappa shape index (κ2) is 32.5. The molecule has 87 heavy (non-hydrogen) atoms. The van der Waals surface area contributed by atoms with Crippen molar-refractivity contribution in [1.82, 2.24) is 45.8 Å². The summed E-state index contributed by atoms with van der Waals surface area (Å²) in [5.74, 6) is -3.11. The maximum absolute atomic E-state index is 11.6. The number of pyridine rings is 1. The van der Waals surface area contributed by atoms with E-state index in [-0.39, 0.29) is 65.1 Å². The molecule has 0 unspecified atom stereocenters. The van der Waals surface area contributed by atoms with Crippen molar-refractivity contribution in [3.05, 3.63) is 182 Å². The summed E-state index contributed by atoms with van der Waals surface area (Å²) in [4.78, 5) is 82.0. The smallest absolute Gasteiger partial charge is 0.397 e. The number of Topliss-reactive ketones (excluding diaryl/α,β-unsaturated/α-hetero) is 2. The SMILES string of the molecule is CC(=O)c1ccc(Sc2nnc(-c3cccc(Br)c3)o2)c([N+](=O)[O-])c1.CCOC(=O)C(=O)Cc1nnc(Cc2ccc(Cl)cc2)s1.CCOC(=O)C(=O)Nc1nnc(C(C)(C)C)s1.O=[N+]([O-])c1cccc(/C(Cc2nnc(-c3cccnc3)s2)=N\O)c1. The summed E-state index contributed by atoms with van der Waals surface area (Å²) in [6, 6.07) is 28.7. The molecule has 32 heteroatoms. The van der Waals surface area contributed by atoms with Crippen molar-refractivity contribution < 1.29 is 52.9 Å². The highest BCUT2D eigenvalue weighted by atomic mass is 79.9. The summed E-state index contributed by atoms with van der Waals surface area (Å²) in [5, 5.41) is 73.3. The molecule has 9 aromatic rings. The Labute approximate surface area is 524 Å². The van der Waals surface area contributed by atoms with Crippen molar-refractivity contribution in [2.45, 2.75) is 76.3 Å². The van der Waals surface area contributed by atoms with Gasteiger partial charge in [-0.25, -0.2) is 9.59 Å². The molecule has 0 saturated carbocycles. The largest absolute Gasteiger partial charge is 0.460 e. The molecule has 450 valence electrons. The maximum atomic E-state index is 11.6. The van der Waals surface area contributed by atoms with Gasteiger partial charge in [0, 0.05) is 80.6 Å². The van der Waals surface area contributed by atoms with Crippen LogP contribution in [0.3, 0.4) is 0 Å². The number of benzene rings is 4. The number of nitrogens with one attached hydrogen (secondary N) is 1. The quantitative estimate of drug-likeness (QED) is 0.0153. The van der Waals surface area contributed by atoms with Gasteiger partial charge in [0.15, 0.2) is 5.78 Å². The minimum absolute atomic E-state index is 0.0676. The standard InChI is InChI=1S/C16H10BrN3O4S.C15H11N5O3S.C14H13ClN2O3S.C10H15N3O3S/c1-9(21)10-5-6-14(13(8-10)20(22)23)25-16-19-18-15(24-16)11-3-2-4-12(17)7-11;21-19-13(10-3-1-5-12(7-10)20(22)23)8-14-17-18-15(24-14)11-4-2-6-16-9-11;1-2-20-14(19)11(18)8-13-17-16-12(21-13)7-9-3-5-10(15)6-4-9;1-5-16-7(15)6(14)11-9-13-12-8(17-9)10(2,3)4/h2-8H,1H3;1-7,9,21H,8H2;3-6H,2,7-8H2,1H3;5H2,1-4H3,(H,11,13,14)/b;19-13-;;. The minimum atomic E-state index is -0.917. The first-order valence-electron chi connectivity index (χ1n) is 25.4. The summed E-state index contributed by atoms with van der Waals surface area (Å²) in [7, 11) is 0. The van der Waals surface area contributed by atoms with Gasteiger partial charge in [-0.15, -0.1) is 52.1 Å². The summed E-state index contributed by atoms with van der Waals surface area (Å²) in [6.45, 7) is 11.0. The fourth-order valence-corrected chi connectivity index (χ4v) is 10.5. The summed E-state index contributed by atoms with van der Waals surface area (Å²) in [5.41, 5.74) is 3.27. The second-order valence-corrected chi connectivity index (χ2v) is 23.8. The number of ketones is 2. The first-order chi connectivity index (χ1) is 41.5. The van der Waals surface area contributed by atoms with E-state index in [1.54, 1.807) is 44.4 Å². The van der Waals surface area contributed by atoms with Crippen LogP contribution < -0.4 is 5.32 Å². The van der Waals surface area contributed by atoms with Crippen molar-refractivity contribution in [2.24, 2.45) is 5.16 Å². The molecule has 0 saturated heterocycles. The molecular formula is C55H49BrClN13O13S4. The van der Waals surface area contributed by atoms with Crippen molar-refractivity contribution in [3.8, 4) is 22.0 Å². The number of halogens is 2. The highest BCUT2D eigenvalue weighted by Crippen LogP contribution is 2.36. The van der Waals surface area contributed by atoms with Crippen LogP contribution in [0.4, 0.5) is 16.5 Å². The second-order valence-electron chi connectivity index (χ2n) is 18.3. The molecule has 0 bridgehead atoms. The van der Waals surface area contributed by atoms with E-state index in [1.807, 2.05) is 75.4 Å². The average Bonchev–Trinajstić information content (AvgIpc) is 3.12. The van der Waals surface area contributed by atoms with Gasteiger partial charge in [0.1, 0.15) is 25.0 Å². The number of nitro groups is 2. The molecule has 0 spiro atoms. The number of oxime groups is 1. The molecule has 9 rings (SSSR count). The van der Waals surface area contributed by atoms with Crippen LogP contribution in [0, 0.1) is 20.2 Å². The van der Waals surface area contributed by atoms with E-state index in [0.29, 0.717) is 47.9 Å². The lowest BCUT2D eigenvalue weighted by Crippen LogP contribution is -2.24. The molecule has 0 aliphatic heterocycles. The molecular weight excluding hydrogens is 1290 g/mol. The summed E-state index contributed by atoms with van der Waals surface area (Å²) < 4.78 is 15.6. The minimum Gasteiger partial charge on any atom is -0.460 e. The van der Waals surface area contributed by atoms with Crippen LogP contribution in [0.2, 0.25) is 5.02 Å². The number of hydrogen-bond acceptors (Lipinski definition) is 27. The zero-order valence-corrected chi connectivity index (χ0v) is 52.2. The molecule has 0 aliphatic carbocycles. The van der Waals surface area contributed by atoms with Gasteiger partial charge in [-0.2, -0.15) is 0 Å². The lowest BCUT2D eigenvalue weighted by molar-refractivity contribution is -0.387. The predicted molar refractivity (Wildman–Crippen MR) is 326 cm³/mol. The third kappa shape index (κ3) is 20.9. The number of carbonyl (C=O) groups excluding carboxylic acids is 5. The zero-order valence-electron chi connectivity index (χ0n) is 46.6. The van der Waals surface area contributed by atoms with Crippen LogP contribution in [0.15, 0.2) is 140 Å². The number of anilines is 1. The molecule has 1 amide bonds. The Morgan fingerprint density at radius 2 is 1.44 bits per heavy atom. The van der Waals surface area contributed by atoms with Gasteiger partial charge < -0.3 is 19.1 Å². The number of non-ortho nitro benzene ring substituents is 1. The fraction of sp³-hybridized carbons (Fsp3) is 0.218. The van der Waals surface area contributed by atoms with E-state index in [0.717, 1.165) is 42.9 Å². The van der Waals surface area contributed by atoms with E-state index in [9.17, 15) is 49.4 Å². The van der Waals surface area contributed by atoms with Crippen LogP contribution in [-0.4, -0.2) is 109 Å². The summed E-state index contributed by atoms with van der Waals surface area (Å²) in [6.07, 6.45) is 4.12. The number of ether oxygens (including phenoxy) is 2. The van der Waals surface area contributed by atoms with Crippen LogP contribution in [0.1, 0.15) is 83.1 Å². The monoisotopic (exact) mass is 1340 g/mol. The number of hydrogen-bond donors (Lipinski definition) is 2. The van der Waals surface area contributed by atoms with Gasteiger partial charge in [0.05, 0.1) is 40.1 Å². The lowest BCUT2D eigenvalue weighted by Gasteiger charge is -2.12. The number of amides is 1. The Morgan fingerprint density at radius 1 is 0.747 bits per heavy atom. The Kier molecular flexibility index (Phi) is 25.1. The number of carbonyl (C=O) groups is 5. The Balaban J connectivity index is 0.000000187. The Morgan fingerprint density at radius 3 is 2.08 bits per heavy atom. The Bertz CT molecular complexity index is 3910. The molecule has 5 aromatic heterocycles. The van der Waals surface area contributed by atoms with E-state index in [1.165, 1.54) is 71.3 Å². The van der Waals surface area contributed by atoms with Crippen LogP contribution >= 0.6 is 73.3 Å². The number of nitrogens with zero attached hydrogens (tertiary/aromatic N) is 12. The highest BCUT2D eigenvalue weighted by molar-refractivity contribution is 9.10. The van der Waals surface area contributed by atoms with E-state index < -0.39 is 33.5 Å². The molecule has 26 nitrogen and oxygen atoms in total. The molecule has 0 atom stereocenters. The third-order valence-corrected chi connectivity index (χ3v) is 15.6. The van der Waals surface area contributed by atoms with Crippen LogP contribution in [0.5, 0.6) is 0 Å². The van der Waals surface area contributed by atoms with E-state index in [4.69, 9.17) is 16.0 Å². The zero-order chi connectivity index (χ0) is 63.2. The molecule has 2 N–H and O–H groups in total. The van der Waals surface area contributed by atoms with Crippen molar-refractivity contribution in [1.29, 1.82) is 0 Å². The normalized spacial score (nSPS) is 10.9. The maximum Gasteiger partial charge on any atom is 0.397 e. The topological polar surface area (TPSA) is 364 Å². The van der Waals surface area contributed by atoms with Crippen LogP contribution in [-0.2, 0) is 53.3 Å². The van der Waals surface area contributed by atoms with Crippen molar-refractivity contribution >= 4 is 125 Å². The van der Waals surface area contributed by atoms with Gasteiger partial charge >= 0.3 is 17.8 Å². The van der Waals surface area contributed by atoms with Gasteiger partial charge in [-0.1, -0.05) is 106 Å². The van der Waals surface area contributed by atoms with Gasteiger partial charge in [-0.05, 0) is 92.7 Å². The first kappa shape index (κ1) is 67.1. The van der Waals surface area contributed by atoms with Gasteiger partial charge in [-0.3, -0.25) is 44.9 Å². The number of aromatic nitrogens is 9. The molecule has 4 aromatic carbocycles. The van der Waals surface area contributed by atoms with Gasteiger partial charge in [0.2, 0.25) is 16.8 Å². The number of nitro benzene ring substituents is 2.